The zero-order valence-corrected chi connectivity index (χ0v) is 33.0. The molecule has 2 aliphatic rings. The number of piperidine rings is 1. The average molecular weight is 795 g/mol. The fourth-order valence-electron chi connectivity index (χ4n) is 7.80. The van der Waals surface area contributed by atoms with E-state index < -0.39 is 39.7 Å². The summed E-state index contributed by atoms with van der Waals surface area (Å²) < 4.78 is 29.2. The van der Waals surface area contributed by atoms with E-state index in [0.29, 0.717) is 31.4 Å². The van der Waals surface area contributed by atoms with Gasteiger partial charge in [0.05, 0.1) is 27.6 Å². The molecule has 0 radical (unpaired) electrons. The molecule has 4 aromatic carbocycles. The van der Waals surface area contributed by atoms with Gasteiger partial charge in [-0.05, 0) is 136 Å². The van der Waals surface area contributed by atoms with Gasteiger partial charge in [-0.25, -0.2) is 13.2 Å². The maximum atomic E-state index is 13.9. The fourth-order valence-corrected chi connectivity index (χ4v) is 9.54. The Morgan fingerprint density at radius 3 is 2.00 bits per heavy atom. The van der Waals surface area contributed by atoms with Crippen LogP contribution in [-0.4, -0.2) is 72.4 Å². The second kappa shape index (κ2) is 18.6. The normalized spacial score (nSPS) is 17.2. The van der Waals surface area contributed by atoms with E-state index in [-0.39, 0.29) is 39.9 Å². The van der Waals surface area contributed by atoms with Crippen molar-refractivity contribution < 1.29 is 37.8 Å². The van der Waals surface area contributed by atoms with Crippen LogP contribution in [-0.2, 0) is 27.7 Å². The van der Waals surface area contributed by atoms with Crippen molar-refractivity contribution >= 4 is 50.8 Å². The monoisotopic (exact) mass is 794 g/mol. The van der Waals surface area contributed by atoms with Crippen molar-refractivity contribution in [2.24, 2.45) is 5.92 Å². The van der Waals surface area contributed by atoms with Gasteiger partial charge >= 0.3 is 11.9 Å². The molecule has 1 saturated heterocycles. The number of carbonyl (C=O) groups is 4. The first-order chi connectivity index (χ1) is 27.4. The number of carbonyl (C=O) groups excluding carboxylic acids is 2. The predicted octanol–water partition coefficient (Wildman–Crippen LogP) is 7.71. The Labute approximate surface area is 334 Å². The van der Waals surface area contributed by atoms with Crippen LogP contribution >= 0.6 is 0 Å². The topological polar surface area (TPSA) is 173 Å². The number of aromatic carboxylic acids is 1. The van der Waals surface area contributed by atoms with Crippen molar-refractivity contribution in [3.63, 3.8) is 0 Å². The molecule has 0 spiro atoms. The number of amides is 2. The first kappa shape index (κ1) is 41.1. The zero-order valence-electron chi connectivity index (χ0n) is 32.2. The second-order valence-corrected chi connectivity index (χ2v) is 16.7. The molecule has 0 aromatic heterocycles. The van der Waals surface area contributed by atoms with Crippen LogP contribution in [0.4, 0.5) is 17.1 Å². The lowest BCUT2D eigenvalue weighted by Gasteiger charge is -2.34. The summed E-state index contributed by atoms with van der Waals surface area (Å²) in [5.41, 5.74) is 4.53. The van der Waals surface area contributed by atoms with Crippen LogP contribution in [0.15, 0.2) is 95.9 Å². The van der Waals surface area contributed by atoms with E-state index in [9.17, 15) is 32.7 Å². The molecule has 1 aliphatic heterocycles. The van der Waals surface area contributed by atoms with Crippen LogP contribution in [0, 0.1) is 5.92 Å². The van der Waals surface area contributed by atoms with Gasteiger partial charge in [-0.1, -0.05) is 37.3 Å². The molecule has 13 heteroatoms. The number of carboxylic acid groups (broad SMARTS) is 2. The van der Waals surface area contributed by atoms with Crippen LogP contribution in [0.25, 0.3) is 0 Å². The summed E-state index contributed by atoms with van der Waals surface area (Å²) in [7, 11) is -4.00. The highest BCUT2D eigenvalue weighted by Gasteiger charge is 2.35. The highest BCUT2D eigenvalue weighted by atomic mass is 32.2. The van der Waals surface area contributed by atoms with Crippen molar-refractivity contribution in [1.29, 1.82) is 0 Å². The molecular weight excluding hydrogens is 745 g/mol. The van der Waals surface area contributed by atoms with Crippen molar-refractivity contribution in [2.75, 3.05) is 35.2 Å². The summed E-state index contributed by atoms with van der Waals surface area (Å²) >= 11 is 0. The van der Waals surface area contributed by atoms with Crippen LogP contribution in [0.1, 0.15) is 100 Å². The number of rotatable bonds is 15. The summed E-state index contributed by atoms with van der Waals surface area (Å²) in [5.74, 6) is -3.26. The van der Waals surface area contributed by atoms with Crippen LogP contribution in [0.3, 0.4) is 0 Å². The molecule has 4 aromatic rings. The predicted molar refractivity (Wildman–Crippen MR) is 220 cm³/mol. The van der Waals surface area contributed by atoms with Gasteiger partial charge in [0.2, 0.25) is 10.0 Å². The number of benzene rings is 4. The number of hydrogen-bond acceptors (Lipinski definition) is 7. The van der Waals surface area contributed by atoms with Crippen molar-refractivity contribution in [3.05, 3.63) is 119 Å². The molecule has 1 heterocycles. The number of nitrogens with one attached hydrogen (secondary N) is 2. The Morgan fingerprint density at radius 2 is 1.39 bits per heavy atom. The molecule has 12 nitrogen and oxygen atoms in total. The van der Waals surface area contributed by atoms with Crippen molar-refractivity contribution in [1.82, 2.24) is 4.31 Å². The highest BCUT2D eigenvalue weighted by Crippen LogP contribution is 2.32. The Balaban J connectivity index is 1.15. The zero-order chi connectivity index (χ0) is 40.5. The first-order valence-electron chi connectivity index (χ1n) is 19.7. The van der Waals surface area contributed by atoms with Gasteiger partial charge in [-0.15, -0.1) is 0 Å². The minimum Gasteiger partial charge on any atom is -0.481 e. The van der Waals surface area contributed by atoms with Crippen LogP contribution in [0.5, 0.6) is 0 Å². The van der Waals surface area contributed by atoms with E-state index >= 15 is 0 Å². The lowest BCUT2D eigenvalue weighted by molar-refractivity contribution is -0.143. The summed E-state index contributed by atoms with van der Waals surface area (Å²) in [6.07, 6.45) is 7.40. The smallest absolute Gasteiger partial charge is 0.335 e. The minimum atomic E-state index is -4.00. The van der Waals surface area contributed by atoms with Gasteiger partial charge in [0.25, 0.3) is 11.8 Å². The maximum absolute atomic E-state index is 13.9. The van der Waals surface area contributed by atoms with Gasteiger partial charge in [0.15, 0.2) is 0 Å². The van der Waals surface area contributed by atoms with Crippen LogP contribution in [0.2, 0.25) is 0 Å². The van der Waals surface area contributed by atoms with Gasteiger partial charge in [0.1, 0.15) is 0 Å². The largest absolute Gasteiger partial charge is 0.481 e. The molecule has 57 heavy (non-hydrogen) atoms. The van der Waals surface area contributed by atoms with E-state index in [1.54, 1.807) is 31.2 Å². The third-order valence-electron chi connectivity index (χ3n) is 11.0. The number of carboxylic acids is 2. The Morgan fingerprint density at radius 1 is 0.737 bits per heavy atom. The summed E-state index contributed by atoms with van der Waals surface area (Å²) in [6.45, 7) is 3.68. The lowest BCUT2D eigenvalue weighted by atomic mass is 9.86. The molecule has 2 amide bonds. The van der Waals surface area contributed by atoms with Gasteiger partial charge < -0.3 is 25.7 Å². The molecule has 4 N–H and O–H groups in total. The molecule has 300 valence electrons. The van der Waals surface area contributed by atoms with Crippen molar-refractivity contribution in [3.8, 4) is 0 Å². The van der Waals surface area contributed by atoms with Crippen LogP contribution < -0.4 is 15.5 Å². The average Bonchev–Trinajstić information content (AvgIpc) is 3.22. The third kappa shape index (κ3) is 10.3. The molecule has 0 atom stereocenters. The lowest BCUT2D eigenvalue weighted by Crippen LogP contribution is -2.42. The van der Waals surface area contributed by atoms with E-state index in [0.717, 1.165) is 68.4 Å². The van der Waals surface area contributed by atoms with E-state index in [4.69, 9.17) is 5.11 Å². The Bertz CT molecular complexity index is 2180. The third-order valence-corrected chi connectivity index (χ3v) is 13.1. The maximum Gasteiger partial charge on any atom is 0.335 e. The standard InChI is InChI=1S/C44H50N4O8S/c1-2-48(36-22-18-33(19-23-36)44(53)54)57(55,56)38-11-7-10-34(28-38)41(49)46-40-25-24-37(47-26-4-3-5-27-47)29-39(40)42(50)45-35-20-14-31(15-21-35)9-6-8-30-12-16-32(17-13-30)43(51)52/h7,10-17,20-21,24-25,28-29,33,36H,2-6,8-9,18-19,22-23,26-27H2,1H3,(H,45,50)(H,46,49)(H,51,52)(H,53,54)/t33-,36-. The Hall–Kier alpha value is -5.53. The second-order valence-electron chi connectivity index (χ2n) is 14.8. The number of aliphatic carboxylic acids is 1. The molecule has 1 saturated carbocycles. The molecule has 0 unspecified atom stereocenters. The quantitative estimate of drug-likeness (QED) is 0.0940. The minimum absolute atomic E-state index is 0.0337. The molecule has 1 aliphatic carbocycles. The molecule has 6 rings (SSSR count). The first-order valence-corrected chi connectivity index (χ1v) is 21.1. The van der Waals surface area contributed by atoms with Gasteiger partial charge in [-0.3, -0.25) is 14.4 Å². The van der Waals surface area contributed by atoms with E-state index in [1.807, 2.05) is 42.5 Å². The number of anilines is 3. The summed E-state index contributed by atoms with van der Waals surface area (Å²) in [5, 5.41) is 24.4. The SMILES string of the molecule is CCN([C@H]1CC[C@H](C(=O)O)CC1)S(=O)(=O)c1cccc(C(=O)Nc2ccc(N3CCCCC3)cc2C(=O)Nc2ccc(CCCc3ccc(C(=O)O)cc3)cc2)c1. The van der Waals surface area contributed by atoms with E-state index in [2.05, 4.69) is 15.5 Å². The van der Waals surface area contributed by atoms with Gasteiger partial charge in [-0.2, -0.15) is 4.31 Å². The highest BCUT2D eigenvalue weighted by molar-refractivity contribution is 7.89. The number of hydrogen-bond donors (Lipinski definition) is 4. The number of aryl methyl sites for hydroxylation is 2. The Kier molecular flexibility index (Phi) is 13.4. The molecule has 0 bridgehead atoms. The van der Waals surface area contributed by atoms with E-state index in [1.165, 1.54) is 28.6 Å². The summed E-state index contributed by atoms with van der Waals surface area (Å²) in [4.78, 5) is 52.5. The fraction of sp³-hybridized carbons (Fsp3) is 0.364. The van der Waals surface area contributed by atoms with Crippen molar-refractivity contribution in [2.45, 2.75) is 82.1 Å². The summed E-state index contributed by atoms with van der Waals surface area (Å²) in [6, 6.07) is 25.4. The number of sulfonamides is 1. The van der Waals surface area contributed by atoms with Gasteiger partial charge in [0, 0.05) is 42.6 Å². The molecular formula is C44H50N4O8S. The number of nitrogens with zero attached hydrogens (tertiary/aromatic N) is 2. The molecule has 2 fully saturated rings.